The van der Waals surface area contributed by atoms with Crippen LogP contribution in [0.2, 0.25) is 0 Å². The lowest BCUT2D eigenvalue weighted by atomic mass is 10.1. The van der Waals surface area contributed by atoms with Gasteiger partial charge in [0.1, 0.15) is 17.3 Å². The quantitative estimate of drug-likeness (QED) is 0.164. The highest BCUT2D eigenvalue weighted by Crippen LogP contribution is 2.19. The molecule has 0 amide bonds. The zero-order valence-electron chi connectivity index (χ0n) is 18.7. The molecule has 3 aromatic carbocycles. The summed E-state index contributed by atoms with van der Waals surface area (Å²) in [7, 11) is 0. The topological polar surface area (TPSA) is 52.6 Å². The highest BCUT2D eigenvalue weighted by atomic mass is 19.1. The minimum Gasteiger partial charge on any atom is -0.423 e. The van der Waals surface area contributed by atoms with Crippen molar-refractivity contribution in [2.24, 2.45) is 0 Å². The first-order valence-corrected chi connectivity index (χ1v) is 10.4. The van der Waals surface area contributed by atoms with Crippen molar-refractivity contribution >= 4 is 36.2 Å². The summed E-state index contributed by atoms with van der Waals surface area (Å²) in [6.45, 7) is 8.48. The summed E-state index contributed by atoms with van der Waals surface area (Å²) in [4.78, 5) is 22.8. The second kappa shape index (κ2) is 11.4. The van der Waals surface area contributed by atoms with Gasteiger partial charge in [-0.05, 0) is 53.9 Å². The number of hydrogen-bond acceptors (Lipinski definition) is 4. The molecule has 0 bridgehead atoms. The standard InChI is InChI=1S/C29H23FO4/c1-4-28(31)33-25-15-9-21(10-16-25)5-6-23-8-14-24(27(30)19-23)13-7-22-11-17-26(18-12-22)34-29(32)20(2)3/h4-19H,1-2H2,3H3. The predicted molar refractivity (Wildman–Crippen MR) is 133 cm³/mol. The lowest BCUT2D eigenvalue weighted by Gasteiger charge is -2.04. The molecule has 0 saturated carbocycles. The molecule has 0 N–H and O–H groups in total. The van der Waals surface area contributed by atoms with Gasteiger partial charge in [0.25, 0.3) is 0 Å². The third kappa shape index (κ3) is 7.00. The van der Waals surface area contributed by atoms with Crippen molar-refractivity contribution in [2.45, 2.75) is 6.92 Å². The molecule has 0 unspecified atom stereocenters. The SMILES string of the molecule is C=CC(=O)Oc1ccc(C=Cc2ccc(C=Cc3ccc(OC(=O)C(=C)C)cc3)c(F)c2)cc1. The van der Waals surface area contributed by atoms with E-state index in [-0.39, 0.29) is 5.82 Å². The summed E-state index contributed by atoms with van der Waals surface area (Å²) in [6, 6.07) is 18.8. The lowest BCUT2D eigenvalue weighted by Crippen LogP contribution is -2.07. The fourth-order valence-electron chi connectivity index (χ4n) is 2.81. The number of rotatable bonds is 8. The highest BCUT2D eigenvalue weighted by molar-refractivity contribution is 5.88. The first kappa shape index (κ1) is 24.1. The Morgan fingerprint density at radius 2 is 1.26 bits per heavy atom. The molecular weight excluding hydrogens is 431 g/mol. The van der Waals surface area contributed by atoms with Gasteiger partial charge in [0.05, 0.1) is 0 Å². The number of benzene rings is 3. The minimum absolute atomic E-state index is 0.321. The molecule has 0 heterocycles. The van der Waals surface area contributed by atoms with E-state index in [1.54, 1.807) is 79.7 Å². The van der Waals surface area contributed by atoms with Crippen molar-refractivity contribution in [3.8, 4) is 11.5 Å². The van der Waals surface area contributed by atoms with Crippen LogP contribution in [-0.4, -0.2) is 11.9 Å². The van der Waals surface area contributed by atoms with Gasteiger partial charge >= 0.3 is 11.9 Å². The Labute approximate surface area is 198 Å². The van der Waals surface area contributed by atoms with E-state index in [1.807, 2.05) is 12.1 Å². The molecule has 0 saturated heterocycles. The van der Waals surface area contributed by atoms with Crippen LogP contribution in [0, 0.1) is 5.82 Å². The van der Waals surface area contributed by atoms with Gasteiger partial charge in [-0.15, -0.1) is 0 Å². The normalized spacial score (nSPS) is 10.9. The third-order valence-electron chi connectivity index (χ3n) is 4.65. The summed E-state index contributed by atoms with van der Waals surface area (Å²) in [6.07, 6.45) is 8.19. The van der Waals surface area contributed by atoms with E-state index in [0.29, 0.717) is 28.2 Å². The second-order valence-electron chi connectivity index (χ2n) is 7.38. The Hall–Kier alpha value is -4.51. The molecule has 0 aliphatic rings. The van der Waals surface area contributed by atoms with E-state index in [9.17, 15) is 14.0 Å². The van der Waals surface area contributed by atoms with Crippen LogP contribution in [0.15, 0.2) is 91.5 Å². The van der Waals surface area contributed by atoms with Crippen molar-refractivity contribution in [1.82, 2.24) is 0 Å². The molecular formula is C29H23FO4. The van der Waals surface area contributed by atoms with Gasteiger partial charge in [0.15, 0.2) is 0 Å². The number of hydrogen-bond donors (Lipinski definition) is 0. The third-order valence-corrected chi connectivity index (χ3v) is 4.65. The summed E-state index contributed by atoms with van der Waals surface area (Å²) >= 11 is 0. The fourth-order valence-corrected chi connectivity index (χ4v) is 2.81. The van der Waals surface area contributed by atoms with Crippen molar-refractivity contribution < 1.29 is 23.5 Å². The van der Waals surface area contributed by atoms with Crippen molar-refractivity contribution in [1.29, 1.82) is 0 Å². The molecule has 3 rings (SSSR count). The second-order valence-corrected chi connectivity index (χ2v) is 7.38. The van der Waals surface area contributed by atoms with Gasteiger partial charge in [-0.3, -0.25) is 0 Å². The molecule has 0 aromatic heterocycles. The number of esters is 2. The summed E-state index contributed by atoms with van der Waals surface area (Å²) in [5, 5.41) is 0. The Balaban J connectivity index is 1.63. The zero-order chi connectivity index (χ0) is 24.5. The molecule has 4 nitrogen and oxygen atoms in total. The first-order chi connectivity index (χ1) is 16.3. The molecule has 0 spiro atoms. The smallest absolute Gasteiger partial charge is 0.338 e. The van der Waals surface area contributed by atoms with Crippen LogP contribution in [0.25, 0.3) is 24.3 Å². The van der Waals surface area contributed by atoms with Crippen molar-refractivity contribution in [3.63, 3.8) is 0 Å². The molecule has 34 heavy (non-hydrogen) atoms. The van der Waals surface area contributed by atoms with Crippen LogP contribution < -0.4 is 9.47 Å². The Morgan fingerprint density at radius 3 is 1.79 bits per heavy atom. The Bertz CT molecular complexity index is 1270. The monoisotopic (exact) mass is 454 g/mol. The van der Waals surface area contributed by atoms with Crippen LogP contribution >= 0.6 is 0 Å². The van der Waals surface area contributed by atoms with Gasteiger partial charge in [0.2, 0.25) is 0 Å². The van der Waals surface area contributed by atoms with E-state index in [0.717, 1.165) is 17.2 Å². The van der Waals surface area contributed by atoms with E-state index < -0.39 is 11.9 Å². The summed E-state index contributed by atoms with van der Waals surface area (Å²) < 4.78 is 24.8. The maximum absolute atomic E-state index is 14.6. The van der Waals surface area contributed by atoms with Crippen LogP contribution in [-0.2, 0) is 9.59 Å². The number of ether oxygens (including phenoxy) is 2. The van der Waals surface area contributed by atoms with Crippen LogP contribution in [0.5, 0.6) is 11.5 Å². The van der Waals surface area contributed by atoms with E-state index >= 15 is 0 Å². The lowest BCUT2D eigenvalue weighted by molar-refractivity contribution is -0.130. The number of halogens is 1. The molecule has 0 fully saturated rings. The first-order valence-electron chi connectivity index (χ1n) is 10.4. The van der Waals surface area contributed by atoms with Gasteiger partial charge in [-0.2, -0.15) is 0 Å². The van der Waals surface area contributed by atoms with Crippen molar-refractivity contribution in [3.05, 3.63) is 120 Å². The maximum Gasteiger partial charge on any atom is 0.338 e. The fraction of sp³-hybridized carbons (Fsp3) is 0.0345. The molecule has 0 aliphatic heterocycles. The van der Waals surface area contributed by atoms with E-state index in [1.165, 1.54) is 6.07 Å². The average Bonchev–Trinajstić information content (AvgIpc) is 2.83. The molecule has 5 heteroatoms. The van der Waals surface area contributed by atoms with Gasteiger partial charge < -0.3 is 9.47 Å². The zero-order valence-corrected chi connectivity index (χ0v) is 18.7. The van der Waals surface area contributed by atoms with Crippen LogP contribution in [0.1, 0.15) is 29.2 Å². The van der Waals surface area contributed by atoms with Gasteiger partial charge in [-0.25, -0.2) is 14.0 Å². The molecule has 0 radical (unpaired) electrons. The average molecular weight is 454 g/mol. The van der Waals surface area contributed by atoms with E-state index in [4.69, 9.17) is 9.47 Å². The number of carbonyl (C=O) groups excluding carboxylic acids is 2. The summed E-state index contributed by atoms with van der Waals surface area (Å²) in [5.74, 6) is -0.511. The molecule has 0 aliphatic carbocycles. The summed E-state index contributed by atoms with van der Waals surface area (Å²) in [5.41, 5.74) is 3.19. The molecule has 170 valence electrons. The van der Waals surface area contributed by atoms with Gasteiger partial charge in [-0.1, -0.05) is 73.9 Å². The number of carbonyl (C=O) groups is 2. The minimum atomic E-state index is -0.519. The Morgan fingerprint density at radius 1 is 0.765 bits per heavy atom. The van der Waals surface area contributed by atoms with Crippen molar-refractivity contribution in [2.75, 3.05) is 0 Å². The van der Waals surface area contributed by atoms with Crippen LogP contribution in [0.4, 0.5) is 4.39 Å². The molecule has 0 atom stereocenters. The highest BCUT2D eigenvalue weighted by Gasteiger charge is 2.05. The maximum atomic E-state index is 14.6. The van der Waals surface area contributed by atoms with Crippen LogP contribution in [0.3, 0.4) is 0 Å². The predicted octanol–water partition coefficient (Wildman–Crippen LogP) is 6.74. The van der Waals surface area contributed by atoms with Gasteiger partial charge in [0, 0.05) is 17.2 Å². The largest absolute Gasteiger partial charge is 0.423 e. The molecule has 3 aromatic rings. The van der Waals surface area contributed by atoms with E-state index in [2.05, 4.69) is 13.2 Å². The Kier molecular flexibility index (Phi) is 8.08.